The third-order valence-corrected chi connectivity index (χ3v) is 7.11. The highest BCUT2D eigenvalue weighted by atomic mass is 32.1. The molecule has 0 radical (unpaired) electrons. The lowest BCUT2D eigenvalue weighted by Crippen LogP contribution is -2.43. The van der Waals surface area contributed by atoms with Gasteiger partial charge in [-0.3, -0.25) is 14.2 Å². The van der Waals surface area contributed by atoms with E-state index < -0.39 is 6.04 Å². The molecule has 7 nitrogen and oxygen atoms in total. The largest absolute Gasteiger partial charge is 0.497 e. The van der Waals surface area contributed by atoms with E-state index in [2.05, 4.69) is 0 Å². The van der Waals surface area contributed by atoms with Gasteiger partial charge in [-0.15, -0.1) is 0 Å². The van der Waals surface area contributed by atoms with Gasteiger partial charge in [-0.2, -0.15) is 0 Å². The topological polar surface area (TPSA) is 73.1 Å². The lowest BCUT2D eigenvalue weighted by atomic mass is 9.94. The van der Waals surface area contributed by atoms with Crippen molar-refractivity contribution in [1.29, 1.82) is 0 Å². The summed E-state index contributed by atoms with van der Waals surface area (Å²) in [5.74, 6) is 1.19. The van der Waals surface area contributed by atoms with Crippen LogP contribution in [0.25, 0.3) is 6.08 Å². The Balaban J connectivity index is 1.99. The van der Waals surface area contributed by atoms with Crippen molar-refractivity contribution < 1.29 is 14.3 Å². The summed E-state index contributed by atoms with van der Waals surface area (Å²) in [5.41, 5.74) is 2.47. The summed E-state index contributed by atoms with van der Waals surface area (Å²) in [7, 11) is 3.20. The van der Waals surface area contributed by atoms with Crippen LogP contribution in [0.2, 0.25) is 0 Å². The van der Waals surface area contributed by atoms with Crippen LogP contribution in [0, 0.1) is 0 Å². The van der Waals surface area contributed by atoms with Gasteiger partial charge in [0.2, 0.25) is 0 Å². The first-order valence-corrected chi connectivity index (χ1v) is 12.3. The van der Waals surface area contributed by atoms with E-state index in [4.69, 9.17) is 14.5 Å². The molecule has 0 bridgehead atoms. The van der Waals surface area contributed by atoms with Crippen molar-refractivity contribution in [1.82, 2.24) is 9.47 Å². The maximum absolute atomic E-state index is 13.8. The Morgan fingerprint density at radius 1 is 1.11 bits per heavy atom. The normalized spacial score (nSPS) is 15.5. The third-order valence-electron chi connectivity index (χ3n) is 6.13. The standard InChI is InChI=1S/C27H29N3O4S/c1-6-29(7-2)26(32)23-17(3)28-27-30(24(23)20-13-8-9-14-21(20)34-5)25(31)22(35-27)16-18-11-10-12-19(15-18)33-4/h8-16,24H,6-7H2,1-5H3/b22-16+/t24-/m1/s1. The molecule has 0 spiro atoms. The number of ether oxygens (including phenoxy) is 2. The summed E-state index contributed by atoms with van der Waals surface area (Å²) in [6.45, 7) is 6.84. The number of hydrogen-bond donors (Lipinski definition) is 0. The van der Waals surface area contributed by atoms with Crippen LogP contribution in [0.1, 0.15) is 37.9 Å². The molecule has 8 heteroatoms. The van der Waals surface area contributed by atoms with Crippen molar-refractivity contribution in [2.75, 3.05) is 27.3 Å². The van der Waals surface area contributed by atoms with Gasteiger partial charge < -0.3 is 14.4 Å². The van der Waals surface area contributed by atoms with Gasteiger partial charge >= 0.3 is 0 Å². The summed E-state index contributed by atoms with van der Waals surface area (Å²) in [6.07, 6.45) is 1.83. The molecule has 0 N–H and O–H groups in total. The van der Waals surface area contributed by atoms with Crippen molar-refractivity contribution in [2.24, 2.45) is 4.99 Å². The Morgan fingerprint density at radius 2 is 1.86 bits per heavy atom. The second-order valence-electron chi connectivity index (χ2n) is 8.08. The molecule has 0 unspecified atom stereocenters. The zero-order valence-electron chi connectivity index (χ0n) is 20.6. The molecule has 182 valence electrons. The highest BCUT2D eigenvalue weighted by molar-refractivity contribution is 7.07. The molecule has 1 amide bonds. The lowest BCUT2D eigenvalue weighted by Gasteiger charge is -2.29. The number of rotatable bonds is 7. The number of carbonyl (C=O) groups is 1. The quantitative estimate of drug-likeness (QED) is 0.509. The third kappa shape index (κ3) is 4.53. The number of methoxy groups -OCH3 is 2. The second-order valence-corrected chi connectivity index (χ2v) is 9.09. The highest BCUT2D eigenvalue weighted by Crippen LogP contribution is 2.36. The van der Waals surface area contributed by atoms with E-state index in [1.54, 1.807) is 23.7 Å². The smallest absolute Gasteiger partial charge is 0.271 e. The summed E-state index contributed by atoms with van der Waals surface area (Å²) >= 11 is 1.31. The van der Waals surface area contributed by atoms with Crippen LogP contribution in [-0.4, -0.2) is 42.7 Å². The van der Waals surface area contributed by atoms with E-state index in [1.165, 1.54) is 11.3 Å². The number of thiazole rings is 1. The molecule has 2 aromatic carbocycles. The zero-order chi connectivity index (χ0) is 25.1. The fraction of sp³-hybridized carbons (Fsp3) is 0.296. The minimum atomic E-state index is -0.650. The number of amides is 1. The van der Waals surface area contributed by atoms with Gasteiger partial charge in [0.25, 0.3) is 11.5 Å². The van der Waals surface area contributed by atoms with Crippen LogP contribution in [-0.2, 0) is 4.79 Å². The Morgan fingerprint density at radius 3 is 2.54 bits per heavy atom. The zero-order valence-corrected chi connectivity index (χ0v) is 21.4. The van der Waals surface area contributed by atoms with Crippen LogP contribution in [0.5, 0.6) is 11.5 Å². The first-order valence-electron chi connectivity index (χ1n) is 11.5. The summed E-state index contributed by atoms with van der Waals surface area (Å²) in [5, 5.41) is 0. The van der Waals surface area contributed by atoms with Crippen LogP contribution < -0.4 is 24.4 Å². The summed E-state index contributed by atoms with van der Waals surface area (Å²) in [6, 6.07) is 14.4. The fourth-order valence-corrected chi connectivity index (χ4v) is 5.39. The molecule has 1 aliphatic rings. The summed E-state index contributed by atoms with van der Waals surface area (Å²) in [4.78, 5) is 34.5. The van der Waals surface area contributed by atoms with Crippen LogP contribution >= 0.6 is 11.3 Å². The van der Waals surface area contributed by atoms with E-state index in [-0.39, 0.29) is 11.5 Å². The molecule has 0 aliphatic carbocycles. The molecular formula is C27H29N3O4S. The molecule has 3 aromatic rings. The first kappa shape index (κ1) is 24.5. The van der Waals surface area contributed by atoms with Crippen molar-refractivity contribution >= 4 is 23.3 Å². The molecular weight excluding hydrogens is 462 g/mol. The minimum absolute atomic E-state index is 0.130. The number of benzene rings is 2. The molecule has 1 atom stereocenters. The van der Waals surface area contributed by atoms with Gasteiger partial charge in [-0.1, -0.05) is 41.7 Å². The van der Waals surface area contributed by atoms with Crippen molar-refractivity contribution in [2.45, 2.75) is 26.8 Å². The monoisotopic (exact) mass is 491 g/mol. The Labute approximate surface area is 208 Å². The second kappa shape index (κ2) is 10.3. The molecule has 4 rings (SSSR count). The number of hydrogen-bond acceptors (Lipinski definition) is 6. The highest BCUT2D eigenvalue weighted by Gasteiger charge is 2.35. The number of nitrogens with zero attached hydrogens (tertiary/aromatic N) is 3. The number of aromatic nitrogens is 1. The maximum Gasteiger partial charge on any atom is 0.271 e. The van der Waals surface area contributed by atoms with Crippen LogP contribution in [0.3, 0.4) is 0 Å². The maximum atomic E-state index is 13.8. The van der Waals surface area contributed by atoms with E-state index in [9.17, 15) is 9.59 Å². The molecule has 35 heavy (non-hydrogen) atoms. The summed E-state index contributed by atoms with van der Waals surface area (Å²) < 4.78 is 13.1. The average molecular weight is 492 g/mol. The van der Waals surface area contributed by atoms with Gasteiger partial charge in [0, 0.05) is 18.7 Å². The predicted octanol–water partition coefficient (Wildman–Crippen LogP) is 3.12. The van der Waals surface area contributed by atoms with Crippen molar-refractivity contribution in [3.8, 4) is 11.5 Å². The van der Waals surface area contributed by atoms with E-state index in [1.807, 2.05) is 75.4 Å². The molecule has 1 aromatic heterocycles. The van der Waals surface area contributed by atoms with Gasteiger partial charge in [0.05, 0.1) is 30.0 Å². The van der Waals surface area contributed by atoms with Gasteiger partial charge in [-0.05, 0) is 50.6 Å². The fourth-order valence-electron chi connectivity index (χ4n) is 4.35. The SMILES string of the molecule is CCN(CC)C(=O)C1=C(C)N=c2s/c(=C/c3cccc(OC)c3)c(=O)n2[C@@H]1c1ccccc1OC. The first-order chi connectivity index (χ1) is 16.9. The van der Waals surface area contributed by atoms with Gasteiger partial charge in [0.15, 0.2) is 4.80 Å². The molecule has 1 aliphatic heterocycles. The Hall–Kier alpha value is -3.65. The number of likely N-dealkylation sites (N-methyl/N-ethyl adjacent to an activating group) is 1. The van der Waals surface area contributed by atoms with E-state index >= 15 is 0 Å². The number of carbonyl (C=O) groups excluding carboxylic acids is 1. The predicted molar refractivity (Wildman–Crippen MR) is 138 cm³/mol. The van der Waals surface area contributed by atoms with Gasteiger partial charge in [0.1, 0.15) is 17.5 Å². The number of para-hydroxylation sites is 1. The number of allylic oxidation sites excluding steroid dienone is 1. The van der Waals surface area contributed by atoms with Crippen LogP contribution in [0.4, 0.5) is 0 Å². The Bertz CT molecular complexity index is 1460. The molecule has 2 heterocycles. The average Bonchev–Trinajstić information content (AvgIpc) is 3.18. The molecule has 0 saturated carbocycles. The number of fused-ring (bicyclic) bond motifs is 1. The van der Waals surface area contributed by atoms with E-state index in [0.717, 1.165) is 11.1 Å². The van der Waals surface area contributed by atoms with Gasteiger partial charge in [-0.25, -0.2) is 4.99 Å². The molecule has 0 saturated heterocycles. The van der Waals surface area contributed by atoms with Crippen molar-refractivity contribution in [3.63, 3.8) is 0 Å². The van der Waals surface area contributed by atoms with Crippen molar-refractivity contribution in [3.05, 3.63) is 90.6 Å². The molecule has 0 fully saturated rings. The van der Waals surface area contributed by atoms with E-state index in [0.29, 0.717) is 45.2 Å². The van der Waals surface area contributed by atoms with Crippen LogP contribution in [0.15, 0.2) is 69.6 Å². The Kier molecular flexibility index (Phi) is 7.21. The lowest BCUT2D eigenvalue weighted by molar-refractivity contribution is -0.127. The minimum Gasteiger partial charge on any atom is -0.497 e.